The molecule has 1 heterocycles. The first-order valence-corrected chi connectivity index (χ1v) is 8.18. The number of hydrogen-bond acceptors (Lipinski definition) is 1. The molecule has 1 aliphatic carbocycles. The average molecular weight is 308 g/mol. The summed E-state index contributed by atoms with van der Waals surface area (Å²) in [7, 11) is 0. The fourth-order valence-corrected chi connectivity index (χ4v) is 3.83. The first kappa shape index (κ1) is 15.3. The molecule has 2 fully saturated rings. The third-order valence-corrected chi connectivity index (χ3v) is 4.93. The van der Waals surface area contributed by atoms with Crippen LogP contribution in [0.2, 0.25) is 0 Å². The summed E-state index contributed by atoms with van der Waals surface area (Å²) >= 11 is 0. The van der Waals surface area contributed by atoms with Crippen LogP contribution in [-0.2, 0) is 0 Å². The Hall–Kier alpha value is -1.65. The van der Waals surface area contributed by atoms with E-state index in [1.54, 1.807) is 0 Å². The molecule has 2 aliphatic rings. The number of anilines is 1. The lowest BCUT2D eigenvalue weighted by molar-refractivity contribution is 0.166. The van der Waals surface area contributed by atoms with Gasteiger partial charge >= 0.3 is 6.03 Å². The lowest BCUT2D eigenvalue weighted by Crippen LogP contribution is -2.43. The quantitative estimate of drug-likeness (QED) is 0.854. The summed E-state index contributed by atoms with van der Waals surface area (Å²) in [4.78, 5) is 14.3. The number of carbonyl (C=O) groups is 1. The molecule has 1 aromatic carbocycles. The third-order valence-electron chi connectivity index (χ3n) is 4.93. The molecule has 120 valence electrons. The molecule has 0 bridgehead atoms. The number of rotatable bonds is 2. The van der Waals surface area contributed by atoms with Gasteiger partial charge in [-0.3, -0.25) is 0 Å². The van der Waals surface area contributed by atoms with Gasteiger partial charge in [-0.2, -0.15) is 0 Å². The minimum Gasteiger partial charge on any atom is -0.321 e. The van der Waals surface area contributed by atoms with Crippen molar-refractivity contribution in [3.8, 4) is 0 Å². The zero-order valence-corrected chi connectivity index (χ0v) is 12.7. The summed E-state index contributed by atoms with van der Waals surface area (Å²) in [5, 5.41) is 2.59. The van der Waals surface area contributed by atoms with Crippen molar-refractivity contribution in [3.05, 3.63) is 29.8 Å². The smallest absolute Gasteiger partial charge is 0.321 e. The Morgan fingerprint density at radius 1 is 1.09 bits per heavy atom. The molecular weight excluding hydrogens is 286 g/mol. The van der Waals surface area contributed by atoms with Crippen LogP contribution in [0, 0.1) is 17.6 Å². The van der Waals surface area contributed by atoms with E-state index in [0.29, 0.717) is 5.92 Å². The molecular formula is C17H22F2N2O. The Bertz CT molecular complexity index is 543. The topological polar surface area (TPSA) is 32.3 Å². The summed E-state index contributed by atoms with van der Waals surface area (Å²) in [5.41, 5.74) is 0.0423. The highest BCUT2D eigenvalue weighted by atomic mass is 19.1. The fraction of sp³-hybridized carbons (Fsp3) is 0.588. The van der Waals surface area contributed by atoms with Crippen LogP contribution < -0.4 is 5.32 Å². The summed E-state index contributed by atoms with van der Waals surface area (Å²) in [6.45, 7) is 0.718. The highest BCUT2D eigenvalue weighted by Crippen LogP contribution is 2.34. The molecule has 5 heteroatoms. The standard InChI is InChI=1S/C17H22F2N2O/c18-13-8-9-15(14(19)11-13)20-17(22)21-10-4-7-16(21)12-5-2-1-3-6-12/h8-9,11-12,16H,1-7,10H2,(H,20,22). The summed E-state index contributed by atoms with van der Waals surface area (Å²) in [6, 6.07) is 3.22. The fourth-order valence-electron chi connectivity index (χ4n) is 3.83. The van der Waals surface area contributed by atoms with Crippen molar-refractivity contribution in [1.29, 1.82) is 0 Å². The van der Waals surface area contributed by atoms with Crippen molar-refractivity contribution in [2.45, 2.75) is 51.0 Å². The summed E-state index contributed by atoms with van der Waals surface area (Å²) in [6.07, 6.45) is 8.16. The van der Waals surface area contributed by atoms with E-state index in [9.17, 15) is 13.6 Å². The second-order valence-corrected chi connectivity index (χ2v) is 6.36. The molecule has 2 amide bonds. The van der Waals surface area contributed by atoms with Crippen molar-refractivity contribution in [3.63, 3.8) is 0 Å². The van der Waals surface area contributed by atoms with Gasteiger partial charge in [0.25, 0.3) is 0 Å². The predicted molar refractivity (Wildman–Crippen MR) is 81.7 cm³/mol. The minimum absolute atomic E-state index is 0.0423. The molecule has 1 aliphatic heterocycles. The average Bonchev–Trinajstić information content (AvgIpc) is 3.00. The Kier molecular flexibility index (Phi) is 4.60. The second kappa shape index (κ2) is 6.63. The van der Waals surface area contributed by atoms with Gasteiger partial charge in [-0.05, 0) is 43.7 Å². The maximum atomic E-state index is 13.7. The molecule has 1 N–H and O–H groups in total. The van der Waals surface area contributed by atoms with Crippen molar-refractivity contribution in [1.82, 2.24) is 4.90 Å². The highest BCUT2D eigenvalue weighted by Gasteiger charge is 2.35. The second-order valence-electron chi connectivity index (χ2n) is 6.36. The van der Waals surface area contributed by atoms with E-state index in [1.807, 2.05) is 4.90 Å². The van der Waals surface area contributed by atoms with E-state index in [-0.39, 0.29) is 17.8 Å². The monoisotopic (exact) mass is 308 g/mol. The maximum absolute atomic E-state index is 13.7. The molecule has 0 aromatic heterocycles. The zero-order valence-electron chi connectivity index (χ0n) is 12.7. The molecule has 0 radical (unpaired) electrons. The van der Waals surface area contributed by atoms with Gasteiger partial charge in [0.05, 0.1) is 5.69 Å². The molecule has 1 atom stereocenters. The zero-order chi connectivity index (χ0) is 15.5. The van der Waals surface area contributed by atoms with Gasteiger partial charge in [-0.1, -0.05) is 19.3 Å². The van der Waals surface area contributed by atoms with Crippen LogP contribution in [0.3, 0.4) is 0 Å². The van der Waals surface area contributed by atoms with E-state index in [4.69, 9.17) is 0 Å². The third kappa shape index (κ3) is 3.23. The SMILES string of the molecule is O=C(Nc1ccc(F)cc1F)N1CCCC1C1CCCCC1. The largest absolute Gasteiger partial charge is 0.322 e. The van der Waals surface area contributed by atoms with Crippen LogP contribution in [0.1, 0.15) is 44.9 Å². The maximum Gasteiger partial charge on any atom is 0.322 e. The number of carbonyl (C=O) groups excluding carboxylic acids is 1. The number of nitrogens with zero attached hydrogens (tertiary/aromatic N) is 1. The number of urea groups is 1. The Balaban J connectivity index is 1.67. The molecule has 1 saturated heterocycles. The van der Waals surface area contributed by atoms with E-state index in [2.05, 4.69) is 5.32 Å². The van der Waals surface area contributed by atoms with Gasteiger partial charge in [-0.15, -0.1) is 0 Å². The van der Waals surface area contributed by atoms with Gasteiger partial charge in [0.2, 0.25) is 0 Å². The highest BCUT2D eigenvalue weighted by molar-refractivity contribution is 5.89. The van der Waals surface area contributed by atoms with Crippen molar-refractivity contribution in [2.24, 2.45) is 5.92 Å². The number of benzene rings is 1. The molecule has 1 saturated carbocycles. The summed E-state index contributed by atoms with van der Waals surface area (Å²) in [5.74, 6) is -0.807. The van der Waals surface area contributed by atoms with E-state index in [0.717, 1.165) is 31.5 Å². The number of amides is 2. The van der Waals surface area contributed by atoms with Crippen LogP contribution in [0.5, 0.6) is 0 Å². The molecule has 3 rings (SSSR count). The number of hydrogen-bond donors (Lipinski definition) is 1. The Labute approximate surface area is 129 Å². The lowest BCUT2D eigenvalue weighted by atomic mass is 9.83. The molecule has 22 heavy (non-hydrogen) atoms. The van der Waals surface area contributed by atoms with E-state index < -0.39 is 11.6 Å². The summed E-state index contributed by atoms with van der Waals surface area (Å²) < 4.78 is 26.6. The van der Waals surface area contributed by atoms with Gasteiger partial charge in [0.15, 0.2) is 0 Å². The number of likely N-dealkylation sites (tertiary alicyclic amines) is 1. The minimum atomic E-state index is -0.734. The molecule has 1 unspecified atom stereocenters. The van der Waals surface area contributed by atoms with E-state index in [1.165, 1.54) is 38.2 Å². The predicted octanol–water partition coefficient (Wildman–Crippen LogP) is 4.54. The number of nitrogens with one attached hydrogen (secondary N) is 1. The Morgan fingerprint density at radius 2 is 1.86 bits per heavy atom. The van der Waals surface area contributed by atoms with Crippen molar-refractivity contribution < 1.29 is 13.6 Å². The number of halogens is 2. The van der Waals surface area contributed by atoms with Crippen molar-refractivity contribution >= 4 is 11.7 Å². The molecule has 0 spiro atoms. The van der Waals surface area contributed by atoms with Crippen LogP contribution >= 0.6 is 0 Å². The van der Waals surface area contributed by atoms with E-state index >= 15 is 0 Å². The van der Waals surface area contributed by atoms with Gasteiger partial charge in [0.1, 0.15) is 11.6 Å². The first-order valence-electron chi connectivity index (χ1n) is 8.18. The van der Waals surface area contributed by atoms with Crippen LogP contribution in [0.15, 0.2) is 18.2 Å². The van der Waals surface area contributed by atoms with Crippen LogP contribution in [0.4, 0.5) is 19.3 Å². The first-order chi connectivity index (χ1) is 10.6. The molecule has 1 aromatic rings. The normalized spacial score (nSPS) is 22.8. The van der Waals surface area contributed by atoms with Crippen LogP contribution in [0.25, 0.3) is 0 Å². The van der Waals surface area contributed by atoms with Gasteiger partial charge in [-0.25, -0.2) is 13.6 Å². The lowest BCUT2D eigenvalue weighted by Gasteiger charge is -2.34. The molecule has 3 nitrogen and oxygen atoms in total. The van der Waals surface area contributed by atoms with Crippen LogP contribution in [-0.4, -0.2) is 23.5 Å². The Morgan fingerprint density at radius 3 is 2.59 bits per heavy atom. The van der Waals surface area contributed by atoms with Gasteiger partial charge < -0.3 is 10.2 Å². The van der Waals surface area contributed by atoms with Gasteiger partial charge in [0, 0.05) is 18.7 Å². The van der Waals surface area contributed by atoms with Crippen molar-refractivity contribution in [2.75, 3.05) is 11.9 Å².